The Kier molecular flexibility index (Phi) is 6.14. The van der Waals surface area contributed by atoms with E-state index in [9.17, 15) is 4.79 Å². The molecule has 0 unspecified atom stereocenters. The van der Waals surface area contributed by atoms with Crippen LogP contribution in [0.25, 0.3) is 0 Å². The van der Waals surface area contributed by atoms with E-state index in [1.54, 1.807) is 13.2 Å². The van der Waals surface area contributed by atoms with Gasteiger partial charge in [-0.2, -0.15) is 0 Å². The van der Waals surface area contributed by atoms with Crippen LogP contribution in [0.4, 0.5) is 0 Å². The van der Waals surface area contributed by atoms with Crippen LogP contribution in [0.15, 0.2) is 12.2 Å². The molecule has 0 aliphatic carbocycles. The first kappa shape index (κ1) is 15.5. The van der Waals surface area contributed by atoms with E-state index in [1.165, 1.54) is 6.08 Å². The van der Waals surface area contributed by atoms with Crippen molar-refractivity contribution in [3.05, 3.63) is 12.2 Å². The zero-order valence-corrected chi connectivity index (χ0v) is 12.2. The van der Waals surface area contributed by atoms with Crippen molar-refractivity contribution in [3.8, 4) is 0 Å². The van der Waals surface area contributed by atoms with E-state index in [0.717, 1.165) is 6.29 Å². The molecule has 0 aromatic heterocycles. The summed E-state index contributed by atoms with van der Waals surface area (Å²) in [6, 6.07) is 0. The minimum atomic E-state index is -1.73. The zero-order valence-electron chi connectivity index (χ0n) is 11.2. The predicted molar refractivity (Wildman–Crippen MR) is 69.2 cm³/mol. The molecule has 0 amide bonds. The molecule has 4 heteroatoms. The first-order valence-corrected chi connectivity index (χ1v) is 8.44. The highest BCUT2D eigenvalue weighted by Crippen LogP contribution is 2.36. The topological polar surface area (TPSA) is 35.5 Å². The first-order chi connectivity index (χ1) is 7.24. The SMILES string of the molecule is CO[C@H](/C=C/C=O)CO[Si](C)(C)C(C)(C)C. The molecule has 0 saturated heterocycles. The lowest BCUT2D eigenvalue weighted by Gasteiger charge is -2.36. The van der Waals surface area contributed by atoms with Crippen molar-refractivity contribution in [2.24, 2.45) is 0 Å². The second-order valence-electron chi connectivity index (χ2n) is 5.37. The van der Waals surface area contributed by atoms with Crippen LogP contribution in [0.3, 0.4) is 0 Å². The summed E-state index contributed by atoms with van der Waals surface area (Å²) in [7, 11) is -0.106. The fourth-order valence-electron chi connectivity index (χ4n) is 0.878. The van der Waals surface area contributed by atoms with Gasteiger partial charge < -0.3 is 9.16 Å². The van der Waals surface area contributed by atoms with Crippen molar-refractivity contribution in [2.75, 3.05) is 13.7 Å². The summed E-state index contributed by atoms with van der Waals surface area (Å²) in [5.41, 5.74) is 0. The second kappa shape index (κ2) is 6.32. The number of carbonyl (C=O) groups is 1. The van der Waals surface area contributed by atoms with E-state index in [1.807, 2.05) is 0 Å². The number of hydrogen-bond donors (Lipinski definition) is 0. The van der Waals surface area contributed by atoms with Gasteiger partial charge in [0.15, 0.2) is 8.32 Å². The summed E-state index contributed by atoms with van der Waals surface area (Å²) in [5.74, 6) is 0. The molecule has 0 bridgehead atoms. The van der Waals surface area contributed by atoms with Crippen LogP contribution >= 0.6 is 0 Å². The highest BCUT2D eigenvalue weighted by atomic mass is 28.4. The van der Waals surface area contributed by atoms with E-state index < -0.39 is 8.32 Å². The second-order valence-corrected chi connectivity index (χ2v) is 10.2. The van der Waals surface area contributed by atoms with Gasteiger partial charge in [-0.05, 0) is 24.2 Å². The monoisotopic (exact) mass is 244 g/mol. The molecule has 0 saturated carbocycles. The van der Waals surface area contributed by atoms with Crippen molar-refractivity contribution >= 4 is 14.6 Å². The minimum Gasteiger partial charge on any atom is -0.414 e. The van der Waals surface area contributed by atoms with Crippen LogP contribution in [0.2, 0.25) is 18.1 Å². The van der Waals surface area contributed by atoms with Gasteiger partial charge >= 0.3 is 0 Å². The normalized spacial score (nSPS) is 15.4. The van der Waals surface area contributed by atoms with Gasteiger partial charge in [0.25, 0.3) is 0 Å². The molecular weight excluding hydrogens is 220 g/mol. The first-order valence-electron chi connectivity index (χ1n) is 5.53. The third kappa shape index (κ3) is 5.05. The summed E-state index contributed by atoms with van der Waals surface area (Å²) in [4.78, 5) is 10.2. The van der Waals surface area contributed by atoms with Crippen molar-refractivity contribution < 1.29 is 14.0 Å². The standard InChI is InChI=1S/C12H24O3Si/c1-12(2,3)16(5,6)15-10-11(14-4)8-7-9-13/h7-9,11H,10H2,1-6H3/b8-7+/t11-/m1/s1. The van der Waals surface area contributed by atoms with Crippen molar-refractivity contribution in [1.29, 1.82) is 0 Å². The molecule has 0 heterocycles. The van der Waals surface area contributed by atoms with E-state index >= 15 is 0 Å². The summed E-state index contributed by atoms with van der Waals surface area (Å²) in [6.45, 7) is 11.5. The Bertz CT molecular complexity index is 241. The Morgan fingerprint density at radius 1 is 1.31 bits per heavy atom. The van der Waals surface area contributed by atoms with E-state index in [4.69, 9.17) is 9.16 Å². The predicted octanol–water partition coefficient (Wildman–Crippen LogP) is 2.78. The van der Waals surface area contributed by atoms with E-state index in [-0.39, 0.29) is 11.1 Å². The molecule has 3 nitrogen and oxygen atoms in total. The molecule has 0 aromatic carbocycles. The number of rotatable bonds is 6. The molecule has 0 fully saturated rings. The fraction of sp³-hybridized carbons (Fsp3) is 0.750. The van der Waals surface area contributed by atoms with Gasteiger partial charge in [0.05, 0.1) is 12.7 Å². The highest BCUT2D eigenvalue weighted by Gasteiger charge is 2.37. The molecule has 0 rings (SSSR count). The molecule has 16 heavy (non-hydrogen) atoms. The number of ether oxygens (including phenoxy) is 1. The Hall–Kier alpha value is -0.453. The maximum absolute atomic E-state index is 10.2. The third-order valence-electron chi connectivity index (χ3n) is 3.12. The van der Waals surface area contributed by atoms with Crippen molar-refractivity contribution in [1.82, 2.24) is 0 Å². The van der Waals surface area contributed by atoms with Crippen LogP contribution in [0.1, 0.15) is 20.8 Å². The lowest BCUT2D eigenvalue weighted by molar-refractivity contribution is -0.104. The van der Waals surface area contributed by atoms with Gasteiger partial charge in [-0.3, -0.25) is 4.79 Å². The van der Waals surface area contributed by atoms with E-state index in [2.05, 4.69) is 33.9 Å². The minimum absolute atomic E-state index is 0.140. The number of hydrogen-bond acceptors (Lipinski definition) is 3. The molecule has 0 spiro atoms. The lowest BCUT2D eigenvalue weighted by atomic mass is 10.2. The molecule has 0 aliphatic rings. The molecule has 94 valence electrons. The number of allylic oxidation sites excluding steroid dienone is 1. The number of methoxy groups -OCH3 is 1. The van der Waals surface area contributed by atoms with Crippen molar-refractivity contribution in [3.63, 3.8) is 0 Å². The van der Waals surface area contributed by atoms with Gasteiger partial charge in [0.1, 0.15) is 6.29 Å². The summed E-state index contributed by atoms with van der Waals surface area (Å²) >= 11 is 0. The lowest BCUT2D eigenvalue weighted by Crippen LogP contribution is -2.42. The van der Waals surface area contributed by atoms with Crippen LogP contribution < -0.4 is 0 Å². The van der Waals surface area contributed by atoms with Gasteiger partial charge in [0.2, 0.25) is 0 Å². The summed E-state index contributed by atoms with van der Waals surface area (Å²) in [5, 5.41) is 0.194. The fourth-order valence-corrected chi connectivity index (χ4v) is 1.89. The van der Waals surface area contributed by atoms with Gasteiger partial charge in [-0.1, -0.05) is 26.8 Å². The Morgan fingerprint density at radius 3 is 2.25 bits per heavy atom. The maximum Gasteiger partial charge on any atom is 0.192 e. The van der Waals surface area contributed by atoms with E-state index in [0.29, 0.717) is 6.61 Å². The average Bonchev–Trinajstić information content (AvgIpc) is 2.16. The molecule has 0 radical (unpaired) electrons. The third-order valence-corrected chi connectivity index (χ3v) is 7.62. The van der Waals surface area contributed by atoms with Crippen LogP contribution in [-0.2, 0) is 14.0 Å². The molecule has 0 N–H and O–H groups in total. The Labute approximate surface area is 100.0 Å². The summed E-state index contributed by atoms with van der Waals surface area (Å²) in [6.07, 6.45) is 3.78. The Morgan fingerprint density at radius 2 is 1.88 bits per heavy atom. The number of aldehydes is 1. The smallest absolute Gasteiger partial charge is 0.192 e. The van der Waals surface area contributed by atoms with Crippen LogP contribution in [0, 0.1) is 0 Å². The van der Waals surface area contributed by atoms with Gasteiger partial charge in [-0.15, -0.1) is 0 Å². The molecule has 0 aromatic rings. The molecular formula is C12H24O3Si. The van der Waals surface area contributed by atoms with Crippen molar-refractivity contribution in [2.45, 2.75) is 45.0 Å². The van der Waals surface area contributed by atoms with Gasteiger partial charge in [-0.25, -0.2) is 0 Å². The largest absolute Gasteiger partial charge is 0.414 e. The molecule has 1 atom stereocenters. The van der Waals surface area contributed by atoms with Crippen LogP contribution in [-0.4, -0.2) is 34.4 Å². The Balaban J connectivity index is 4.31. The average molecular weight is 244 g/mol. The zero-order chi connectivity index (χ0) is 12.8. The van der Waals surface area contributed by atoms with Gasteiger partial charge in [0, 0.05) is 7.11 Å². The summed E-state index contributed by atoms with van der Waals surface area (Å²) < 4.78 is 11.2. The highest BCUT2D eigenvalue weighted by molar-refractivity contribution is 6.74. The molecule has 0 aliphatic heterocycles. The maximum atomic E-state index is 10.2. The number of carbonyl (C=O) groups excluding carboxylic acids is 1. The quantitative estimate of drug-likeness (QED) is 0.409. The van der Waals surface area contributed by atoms with Crippen LogP contribution in [0.5, 0.6) is 0 Å².